The van der Waals surface area contributed by atoms with Gasteiger partial charge in [0, 0.05) is 18.1 Å². The smallest absolute Gasteiger partial charge is 0.0609 e. The molecular weight excluding hydrogens is 236 g/mol. The van der Waals surface area contributed by atoms with Crippen molar-refractivity contribution in [2.24, 2.45) is 11.8 Å². The van der Waals surface area contributed by atoms with Gasteiger partial charge in [0.2, 0.25) is 0 Å². The molecule has 1 fully saturated rings. The van der Waals surface area contributed by atoms with Crippen LogP contribution in [-0.2, 0) is 0 Å². The lowest BCUT2D eigenvalue weighted by atomic mass is 9.76. The van der Waals surface area contributed by atoms with Crippen LogP contribution in [-0.4, -0.2) is 48.3 Å². The SMILES string of the molecule is CCNC1CCC(CC)CC1CN(C)C(C)(C)CO. The summed E-state index contributed by atoms with van der Waals surface area (Å²) in [7, 11) is 2.15. The van der Waals surface area contributed by atoms with Crippen molar-refractivity contribution in [3.05, 3.63) is 0 Å². The molecule has 0 amide bonds. The summed E-state index contributed by atoms with van der Waals surface area (Å²) < 4.78 is 0. The van der Waals surface area contributed by atoms with Crippen molar-refractivity contribution in [3.8, 4) is 0 Å². The van der Waals surface area contributed by atoms with Crippen LogP contribution in [0.1, 0.15) is 53.4 Å². The maximum atomic E-state index is 9.50. The van der Waals surface area contributed by atoms with Gasteiger partial charge in [-0.2, -0.15) is 0 Å². The third kappa shape index (κ3) is 4.73. The summed E-state index contributed by atoms with van der Waals surface area (Å²) in [6.45, 7) is 11.1. The van der Waals surface area contributed by atoms with E-state index in [1.807, 2.05) is 0 Å². The molecule has 1 saturated carbocycles. The number of nitrogens with one attached hydrogen (secondary N) is 1. The van der Waals surface area contributed by atoms with Gasteiger partial charge in [-0.25, -0.2) is 0 Å². The molecule has 3 atom stereocenters. The minimum atomic E-state index is -0.115. The zero-order chi connectivity index (χ0) is 14.5. The Balaban J connectivity index is 2.63. The maximum Gasteiger partial charge on any atom is 0.0609 e. The second-order valence-corrected chi connectivity index (χ2v) is 6.86. The van der Waals surface area contributed by atoms with Crippen LogP contribution in [0, 0.1) is 11.8 Å². The standard InChI is InChI=1S/C16H34N2O/c1-6-13-8-9-15(17-7-2)14(10-13)11-18(5)16(3,4)12-19/h13-15,17,19H,6-12H2,1-5H3. The summed E-state index contributed by atoms with van der Waals surface area (Å²) in [6, 6.07) is 0.657. The maximum absolute atomic E-state index is 9.50. The molecule has 19 heavy (non-hydrogen) atoms. The third-order valence-electron chi connectivity index (χ3n) is 5.06. The van der Waals surface area contributed by atoms with Gasteiger partial charge in [0.15, 0.2) is 0 Å². The van der Waals surface area contributed by atoms with Crippen LogP contribution in [0.15, 0.2) is 0 Å². The Kier molecular flexibility index (Phi) is 6.78. The molecule has 2 N–H and O–H groups in total. The van der Waals surface area contributed by atoms with E-state index in [9.17, 15) is 5.11 Å². The molecule has 3 heteroatoms. The van der Waals surface area contributed by atoms with Crippen molar-refractivity contribution in [1.82, 2.24) is 10.2 Å². The fourth-order valence-corrected chi connectivity index (χ4v) is 3.18. The van der Waals surface area contributed by atoms with Crippen LogP contribution in [0.4, 0.5) is 0 Å². The Morgan fingerprint density at radius 1 is 1.26 bits per heavy atom. The lowest BCUT2D eigenvalue weighted by Gasteiger charge is -2.42. The molecule has 1 rings (SSSR count). The van der Waals surface area contributed by atoms with Gasteiger partial charge in [-0.1, -0.05) is 20.3 Å². The average molecular weight is 270 g/mol. The zero-order valence-electron chi connectivity index (χ0n) is 13.6. The molecule has 0 aromatic rings. The van der Waals surface area contributed by atoms with E-state index in [1.54, 1.807) is 0 Å². The van der Waals surface area contributed by atoms with Crippen molar-refractivity contribution in [2.45, 2.75) is 65.0 Å². The van der Waals surface area contributed by atoms with E-state index in [0.29, 0.717) is 6.04 Å². The normalized spacial score (nSPS) is 28.9. The molecule has 1 aliphatic rings. The molecule has 0 heterocycles. The summed E-state index contributed by atoms with van der Waals surface area (Å²) in [4.78, 5) is 2.33. The molecule has 0 aliphatic heterocycles. The highest BCUT2D eigenvalue weighted by Crippen LogP contribution is 2.32. The largest absolute Gasteiger partial charge is 0.394 e. The lowest BCUT2D eigenvalue weighted by molar-refractivity contribution is 0.0478. The summed E-state index contributed by atoms with van der Waals surface area (Å²) >= 11 is 0. The van der Waals surface area contributed by atoms with Crippen molar-refractivity contribution in [3.63, 3.8) is 0 Å². The van der Waals surface area contributed by atoms with Crippen molar-refractivity contribution in [1.29, 1.82) is 0 Å². The predicted octanol–water partition coefficient (Wildman–Crippen LogP) is 2.49. The summed E-state index contributed by atoms with van der Waals surface area (Å²) in [6.07, 6.45) is 5.32. The van der Waals surface area contributed by atoms with Gasteiger partial charge >= 0.3 is 0 Å². The van der Waals surface area contributed by atoms with Gasteiger partial charge in [-0.3, -0.25) is 4.90 Å². The van der Waals surface area contributed by atoms with E-state index < -0.39 is 0 Å². The van der Waals surface area contributed by atoms with E-state index in [0.717, 1.165) is 24.9 Å². The zero-order valence-corrected chi connectivity index (χ0v) is 13.6. The number of rotatable bonds is 7. The number of aliphatic hydroxyl groups is 1. The predicted molar refractivity (Wildman–Crippen MR) is 82.4 cm³/mol. The average Bonchev–Trinajstić information content (AvgIpc) is 2.40. The third-order valence-corrected chi connectivity index (χ3v) is 5.06. The van der Waals surface area contributed by atoms with E-state index in [4.69, 9.17) is 0 Å². The first-order chi connectivity index (χ1) is 8.94. The minimum Gasteiger partial charge on any atom is -0.394 e. The number of nitrogens with zero attached hydrogens (tertiary/aromatic N) is 1. The van der Waals surface area contributed by atoms with Crippen molar-refractivity contribution < 1.29 is 5.11 Å². The number of likely N-dealkylation sites (N-methyl/N-ethyl adjacent to an activating group) is 1. The van der Waals surface area contributed by atoms with E-state index in [-0.39, 0.29) is 12.1 Å². The van der Waals surface area contributed by atoms with Crippen molar-refractivity contribution in [2.75, 3.05) is 26.7 Å². The number of aliphatic hydroxyl groups excluding tert-OH is 1. The highest BCUT2D eigenvalue weighted by atomic mass is 16.3. The summed E-state index contributed by atoms with van der Waals surface area (Å²) in [5.41, 5.74) is -0.115. The van der Waals surface area contributed by atoms with Crippen LogP contribution >= 0.6 is 0 Å². The molecule has 114 valence electrons. The topological polar surface area (TPSA) is 35.5 Å². The summed E-state index contributed by atoms with van der Waals surface area (Å²) in [5, 5.41) is 13.2. The van der Waals surface area contributed by atoms with Crippen LogP contribution in [0.5, 0.6) is 0 Å². The van der Waals surface area contributed by atoms with Gasteiger partial charge < -0.3 is 10.4 Å². The highest BCUT2D eigenvalue weighted by molar-refractivity contribution is 4.88. The second kappa shape index (κ2) is 7.61. The highest BCUT2D eigenvalue weighted by Gasteiger charge is 2.32. The van der Waals surface area contributed by atoms with Crippen LogP contribution in [0.2, 0.25) is 0 Å². The molecule has 3 unspecified atom stereocenters. The molecule has 0 aromatic heterocycles. The van der Waals surface area contributed by atoms with E-state index >= 15 is 0 Å². The van der Waals surface area contributed by atoms with Crippen LogP contribution in [0.3, 0.4) is 0 Å². The molecule has 0 saturated heterocycles. The first-order valence-corrected chi connectivity index (χ1v) is 8.00. The second-order valence-electron chi connectivity index (χ2n) is 6.86. The Morgan fingerprint density at radius 2 is 1.95 bits per heavy atom. The Hall–Kier alpha value is -0.120. The van der Waals surface area contributed by atoms with Gasteiger partial charge in [-0.05, 0) is 58.5 Å². The molecule has 0 spiro atoms. The molecule has 3 nitrogen and oxygen atoms in total. The van der Waals surface area contributed by atoms with Gasteiger partial charge in [-0.15, -0.1) is 0 Å². The van der Waals surface area contributed by atoms with Gasteiger partial charge in [0.1, 0.15) is 0 Å². The number of hydrogen-bond acceptors (Lipinski definition) is 3. The fourth-order valence-electron chi connectivity index (χ4n) is 3.18. The minimum absolute atomic E-state index is 0.115. The summed E-state index contributed by atoms with van der Waals surface area (Å²) in [5.74, 6) is 1.61. The van der Waals surface area contributed by atoms with E-state index in [2.05, 4.69) is 45.0 Å². The van der Waals surface area contributed by atoms with Crippen LogP contribution in [0.25, 0.3) is 0 Å². The number of hydrogen-bond donors (Lipinski definition) is 2. The quantitative estimate of drug-likeness (QED) is 0.746. The van der Waals surface area contributed by atoms with E-state index in [1.165, 1.54) is 25.7 Å². The van der Waals surface area contributed by atoms with Crippen LogP contribution < -0.4 is 5.32 Å². The molecule has 0 radical (unpaired) electrons. The molecular formula is C16H34N2O. The van der Waals surface area contributed by atoms with Gasteiger partial charge in [0.05, 0.1) is 6.61 Å². The Morgan fingerprint density at radius 3 is 2.47 bits per heavy atom. The molecule has 0 bridgehead atoms. The first kappa shape index (κ1) is 16.9. The Bertz CT molecular complexity index is 255. The fraction of sp³-hybridized carbons (Fsp3) is 1.00. The monoisotopic (exact) mass is 270 g/mol. The van der Waals surface area contributed by atoms with Crippen molar-refractivity contribution >= 4 is 0 Å². The van der Waals surface area contributed by atoms with Gasteiger partial charge in [0.25, 0.3) is 0 Å². The first-order valence-electron chi connectivity index (χ1n) is 8.00. The molecule has 1 aliphatic carbocycles. The molecule has 0 aromatic carbocycles. The lowest BCUT2D eigenvalue weighted by Crippen LogP contribution is -2.51. The Labute approximate surface area is 119 Å².